The minimum atomic E-state index is -3.48. The summed E-state index contributed by atoms with van der Waals surface area (Å²) in [6.45, 7) is 2.25. The summed E-state index contributed by atoms with van der Waals surface area (Å²) >= 11 is 3.55. The van der Waals surface area contributed by atoms with Crippen molar-refractivity contribution in [1.82, 2.24) is 0 Å². The van der Waals surface area contributed by atoms with Crippen molar-refractivity contribution in [2.45, 2.75) is 13.3 Å². The number of primary sulfonamides is 1. The first-order chi connectivity index (χ1) is 9.90. The van der Waals surface area contributed by atoms with Gasteiger partial charge in [0.2, 0.25) is 10.0 Å². The maximum Gasteiger partial charge on any atom is 0.209 e. The van der Waals surface area contributed by atoms with Crippen LogP contribution in [0.1, 0.15) is 13.3 Å². The summed E-state index contributed by atoms with van der Waals surface area (Å²) in [6.07, 6.45) is 0.696. The number of hydrogen-bond donors (Lipinski definition) is 1. The lowest BCUT2D eigenvalue weighted by Crippen LogP contribution is -2.26. The van der Waals surface area contributed by atoms with Crippen LogP contribution in [0.3, 0.4) is 0 Å². The van der Waals surface area contributed by atoms with E-state index in [-0.39, 0.29) is 11.7 Å². The Bertz CT molecular complexity index is 731. The van der Waals surface area contributed by atoms with Gasteiger partial charge in [-0.1, -0.05) is 37.3 Å². The molecule has 0 amide bonds. The summed E-state index contributed by atoms with van der Waals surface area (Å²) in [7, 11) is -3.48. The van der Waals surface area contributed by atoms with Gasteiger partial charge in [0.05, 0.1) is 16.8 Å². The number of sulfonamides is 1. The largest absolute Gasteiger partial charge is 0.492 e. The van der Waals surface area contributed by atoms with Crippen molar-refractivity contribution >= 4 is 36.7 Å². The summed E-state index contributed by atoms with van der Waals surface area (Å²) in [4.78, 5) is 0. The molecule has 2 N–H and O–H groups in total. The highest BCUT2D eigenvalue weighted by atomic mass is 79.9. The van der Waals surface area contributed by atoms with E-state index in [2.05, 4.69) is 15.9 Å². The third-order valence-electron chi connectivity index (χ3n) is 3.35. The Morgan fingerprint density at radius 3 is 2.62 bits per heavy atom. The molecule has 0 aromatic heterocycles. The molecule has 0 heterocycles. The first kappa shape index (κ1) is 16.3. The molecule has 1 unspecified atom stereocenters. The predicted molar refractivity (Wildman–Crippen MR) is 88.9 cm³/mol. The van der Waals surface area contributed by atoms with Crippen molar-refractivity contribution in [1.29, 1.82) is 0 Å². The summed E-state index contributed by atoms with van der Waals surface area (Å²) in [5.74, 6) is 0.536. The number of fused-ring (bicyclic) bond motifs is 1. The number of halogens is 1. The fraction of sp³-hybridized carbons (Fsp3) is 0.333. The zero-order valence-electron chi connectivity index (χ0n) is 11.8. The Morgan fingerprint density at radius 2 is 1.95 bits per heavy atom. The van der Waals surface area contributed by atoms with Gasteiger partial charge in [-0.05, 0) is 39.2 Å². The van der Waals surface area contributed by atoms with Gasteiger partial charge in [-0.25, -0.2) is 13.6 Å². The fourth-order valence-electron chi connectivity index (χ4n) is 2.15. The molecule has 4 nitrogen and oxygen atoms in total. The van der Waals surface area contributed by atoms with Crippen molar-refractivity contribution < 1.29 is 13.2 Å². The monoisotopic (exact) mass is 371 g/mol. The van der Waals surface area contributed by atoms with Gasteiger partial charge in [0.25, 0.3) is 0 Å². The van der Waals surface area contributed by atoms with Gasteiger partial charge < -0.3 is 4.74 Å². The minimum absolute atomic E-state index is 0.0608. The number of ether oxygens (including phenoxy) is 1. The van der Waals surface area contributed by atoms with Gasteiger partial charge in [0, 0.05) is 5.92 Å². The van der Waals surface area contributed by atoms with E-state index < -0.39 is 10.0 Å². The van der Waals surface area contributed by atoms with E-state index >= 15 is 0 Å². The van der Waals surface area contributed by atoms with Gasteiger partial charge in [-0.2, -0.15) is 0 Å². The molecule has 6 heteroatoms. The fourth-order valence-corrected chi connectivity index (χ4v) is 3.74. The Balaban J connectivity index is 2.14. The maximum absolute atomic E-state index is 11.2. The van der Waals surface area contributed by atoms with E-state index in [0.717, 1.165) is 15.2 Å². The van der Waals surface area contributed by atoms with Crippen LogP contribution in [0.5, 0.6) is 5.75 Å². The first-order valence-electron chi connectivity index (χ1n) is 6.71. The lowest BCUT2D eigenvalue weighted by Gasteiger charge is -2.16. The Hall–Kier alpha value is -1.11. The summed E-state index contributed by atoms with van der Waals surface area (Å²) in [5.41, 5.74) is 0. The van der Waals surface area contributed by atoms with Gasteiger partial charge in [0.15, 0.2) is 0 Å². The number of rotatable bonds is 6. The third kappa shape index (κ3) is 4.43. The molecule has 0 aliphatic carbocycles. The zero-order valence-corrected chi connectivity index (χ0v) is 14.2. The zero-order chi connectivity index (χ0) is 15.5. The average Bonchev–Trinajstić information content (AvgIpc) is 2.44. The quantitative estimate of drug-likeness (QED) is 0.846. The molecule has 0 spiro atoms. The number of hydrogen-bond acceptors (Lipinski definition) is 3. The van der Waals surface area contributed by atoms with E-state index in [4.69, 9.17) is 9.88 Å². The molecule has 0 fully saturated rings. The van der Waals surface area contributed by atoms with E-state index in [9.17, 15) is 8.42 Å². The van der Waals surface area contributed by atoms with Crippen molar-refractivity contribution in [3.8, 4) is 5.75 Å². The van der Waals surface area contributed by atoms with Crippen LogP contribution in [0, 0.1) is 5.92 Å². The second kappa shape index (κ2) is 6.77. The minimum Gasteiger partial charge on any atom is -0.492 e. The standard InChI is InChI=1S/C15H18BrNO3S/c1-2-11(10-21(17,18)19)9-20-14-8-7-12-5-3-4-6-13(12)15(14)16/h3-8,11H,2,9-10H2,1H3,(H2,17,18,19). The molecule has 2 aromatic rings. The molecule has 114 valence electrons. The second-order valence-corrected chi connectivity index (χ2v) is 7.47. The lowest BCUT2D eigenvalue weighted by molar-refractivity contribution is 0.256. The maximum atomic E-state index is 11.2. The highest BCUT2D eigenvalue weighted by Gasteiger charge is 2.16. The Labute approximate surface area is 133 Å². The van der Waals surface area contributed by atoms with Crippen molar-refractivity contribution in [2.75, 3.05) is 12.4 Å². The molecule has 21 heavy (non-hydrogen) atoms. The molecule has 2 rings (SSSR count). The third-order valence-corrected chi connectivity index (χ3v) is 5.10. The summed E-state index contributed by atoms with van der Waals surface area (Å²) in [5, 5.41) is 7.28. The van der Waals surface area contributed by atoms with Gasteiger partial charge >= 0.3 is 0 Å². The Kier molecular flexibility index (Phi) is 5.24. The molecule has 0 saturated carbocycles. The molecule has 0 aliphatic heterocycles. The number of benzene rings is 2. The van der Waals surface area contributed by atoms with E-state index in [1.165, 1.54) is 0 Å². The van der Waals surface area contributed by atoms with Crippen LogP contribution in [0.25, 0.3) is 10.8 Å². The molecule has 0 bridgehead atoms. The van der Waals surface area contributed by atoms with Crippen LogP contribution in [-0.2, 0) is 10.0 Å². The van der Waals surface area contributed by atoms with Gasteiger partial charge in [-0.3, -0.25) is 0 Å². The normalized spacial score (nSPS) is 13.3. The Morgan fingerprint density at radius 1 is 1.24 bits per heavy atom. The smallest absolute Gasteiger partial charge is 0.209 e. The van der Waals surface area contributed by atoms with E-state index in [1.807, 2.05) is 43.3 Å². The first-order valence-corrected chi connectivity index (χ1v) is 9.22. The van der Waals surface area contributed by atoms with Gasteiger partial charge in [0.1, 0.15) is 5.75 Å². The molecule has 0 saturated heterocycles. The van der Waals surface area contributed by atoms with Crippen LogP contribution in [0.2, 0.25) is 0 Å². The summed E-state index contributed by atoms with van der Waals surface area (Å²) in [6, 6.07) is 11.8. The molecule has 0 aliphatic rings. The highest BCUT2D eigenvalue weighted by molar-refractivity contribution is 9.10. The highest BCUT2D eigenvalue weighted by Crippen LogP contribution is 2.33. The molecule has 0 radical (unpaired) electrons. The van der Waals surface area contributed by atoms with Crippen LogP contribution in [-0.4, -0.2) is 20.8 Å². The lowest BCUT2D eigenvalue weighted by atomic mass is 10.1. The predicted octanol–water partition coefficient (Wildman–Crippen LogP) is 3.30. The van der Waals surface area contributed by atoms with Crippen molar-refractivity contribution in [3.05, 3.63) is 40.9 Å². The SMILES string of the molecule is CCC(COc1ccc2ccccc2c1Br)CS(N)(=O)=O. The van der Waals surface area contributed by atoms with Gasteiger partial charge in [-0.15, -0.1) is 0 Å². The number of nitrogens with two attached hydrogens (primary N) is 1. The van der Waals surface area contributed by atoms with Crippen molar-refractivity contribution in [3.63, 3.8) is 0 Å². The second-order valence-electron chi connectivity index (χ2n) is 5.01. The molecular formula is C15H18BrNO3S. The van der Waals surface area contributed by atoms with Crippen LogP contribution < -0.4 is 9.88 Å². The topological polar surface area (TPSA) is 69.4 Å². The molecular weight excluding hydrogens is 354 g/mol. The molecule has 2 aromatic carbocycles. The summed E-state index contributed by atoms with van der Waals surface area (Å²) < 4.78 is 29.0. The molecule has 1 atom stereocenters. The van der Waals surface area contributed by atoms with E-state index in [0.29, 0.717) is 18.8 Å². The average molecular weight is 372 g/mol. The van der Waals surface area contributed by atoms with Crippen LogP contribution in [0.15, 0.2) is 40.9 Å². The van der Waals surface area contributed by atoms with E-state index in [1.54, 1.807) is 0 Å². The van der Waals surface area contributed by atoms with Crippen molar-refractivity contribution in [2.24, 2.45) is 11.1 Å². The van der Waals surface area contributed by atoms with Crippen LogP contribution >= 0.6 is 15.9 Å². The van der Waals surface area contributed by atoms with Crippen LogP contribution in [0.4, 0.5) is 0 Å².